The lowest BCUT2D eigenvalue weighted by Crippen LogP contribution is -2.17. The maximum atomic E-state index is 12.4. The predicted molar refractivity (Wildman–Crippen MR) is 107 cm³/mol. The highest BCUT2D eigenvalue weighted by Gasteiger charge is 2.12. The van der Waals surface area contributed by atoms with Crippen LogP contribution in [0.4, 0.5) is 0 Å². The first-order valence-electron chi connectivity index (χ1n) is 8.18. The number of aryl methyl sites for hydroxylation is 1. The van der Waals surface area contributed by atoms with Crippen molar-refractivity contribution >= 4 is 37.3 Å². The van der Waals surface area contributed by atoms with Gasteiger partial charge < -0.3 is 4.57 Å². The van der Waals surface area contributed by atoms with Gasteiger partial charge in [0.05, 0.1) is 28.1 Å². The van der Waals surface area contributed by atoms with Crippen LogP contribution >= 0.6 is 11.3 Å². The maximum Gasteiger partial charge on any atom is 0.252 e. The largest absolute Gasteiger partial charge is 0.305 e. The van der Waals surface area contributed by atoms with Crippen LogP contribution in [0.1, 0.15) is 11.1 Å². The van der Waals surface area contributed by atoms with E-state index in [1.165, 1.54) is 17.4 Å². The number of hydrogen-bond donors (Lipinski definition) is 0. The molecule has 0 saturated carbocycles. The highest BCUT2D eigenvalue weighted by atomic mass is 32.2. The molecule has 0 saturated heterocycles. The van der Waals surface area contributed by atoms with Gasteiger partial charge in [-0.1, -0.05) is 47.1 Å². The van der Waals surface area contributed by atoms with Crippen molar-refractivity contribution in [3.8, 4) is 12.3 Å². The summed E-state index contributed by atoms with van der Waals surface area (Å²) in [6.07, 6.45) is 6.82. The summed E-state index contributed by atoms with van der Waals surface area (Å²) in [5.41, 5.74) is 2.73. The highest BCUT2D eigenvalue weighted by molar-refractivity contribution is 7.90. The summed E-state index contributed by atoms with van der Waals surface area (Å²) in [5, 5.41) is 0. The zero-order chi connectivity index (χ0) is 19.6. The number of aromatic nitrogens is 1. The summed E-state index contributed by atoms with van der Waals surface area (Å²) in [6.45, 7) is 2.21. The van der Waals surface area contributed by atoms with Crippen molar-refractivity contribution in [1.29, 1.82) is 0 Å². The third-order valence-electron chi connectivity index (χ3n) is 3.99. The molecule has 1 aromatic heterocycles. The molecular formula is C20H18N2O3S2. The molecule has 0 fully saturated rings. The van der Waals surface area contributed by atoms with Gasteiger partial charge >= 0.3 is 0 Å². The van der Waals surface area contributed by atoms with E-state index < -0.39 is 9.84 Å². The Balaban J connectivity index is 2.06. The monoisotopic (exact) mass is 398 g/mol. The third-order valence-corrected chi connectivity index (χ3v) is 6.14. The van der Waals surface area contributed by atoms with Gasteiger partial charge in [-0.3, -0.25) is 4.79 Å². The Kier molecular flexibility index (Phi) is 5.31. The van der Waals surface area contributed by atoms with Crippen LogP contribution in [-0.4, -0.2) is 25.1 Å². The van der Waals surface area contributed by atoms with Crippen LogP contribution in [0, 0.1) is 19.3 Å². The third kappa shape index (κ3) is 4.35. The zero-order valence-corrected chi connectivity index (χ0v) is 16.6. The van der Waals surface area contributed by atoms with Crippen molar-refractivity contribution in [2.24, 2.45) is 4.99 Å². The van der Waals surface area contributed by atoms with Crippen LogP contribution in [0.3, 0.4) is 0 Å². The number of terminal acetylenes is 1. The molecule has 2 aromatic carbocycles. The van der Waals surface area contributed by atoms with E-state index in [2.05, 4.69) is 10.9 Å². The van der Waals surface area contributed by atoms with Gasteiger partial charge in [0.1, 0.15) is 0 Å². The molecule has 0 N–H and O–H groups in total. The van der Waals surface area contributed by atoms with Crippen LogP contribution in [0.2, 0.25) is 0 Å². The van der Waals surface area contributed by atoms with Crippen molar-refractivity contribution < 1.29 is 13.2 Å². The Hall–Kier alpha value is -2.69. The molecule has 3 aromatic rings. The fourth-order valence-corrected chi connectivity index (χ4v) is 4.56. The number of nitrogens with zero attached hydrogens (tertiary/aromatic N) is 2. The molecule has 0 radical (unpaired) electrons. The topological polar surface area (TPSA) is 68.5 Å². The molecule has 3 rings (SSSR count). The number of sulfone groups is 1. The van der Waals surface area contributed by atoms with Gasteiger partial charge in [-0.05, 0) is 30.7 Å². The molecule has 0 unspecified atom stereocenters. The Bertz CT molecular complexity index is 1240. The van der Waals surface area contributed by atoms with E-state index in [4.69, 9.17) is 6.42 Å². The number of benzene rings is 2. The second kappa shape index (κ2) is 7.51. The molecule has 27 heavy (non-hydrogen) atoms. The number of carbonyl (C=O) groups is 1. The molecule has 138 valence electrons. The van der Waals surface area contributed by atoms with E-state index in [0.717, 1.165) is 27.6 Å². The second-order valence-corrected chi connectivity index (χ2v) is 9.27. The summed E-state index contributed by atoms with van der Waals surface area (Å²) in [6, 6.07) is 12.5. The minimum absolute atomic E-state index is 0.195. The van der Waals surface area contributed by atoms with E-state index in [1.807, 2.05) is 31.2 Å². The van der Waals surface area contributed by atoms with Gasteiger partial charge in [0.2, 0.25) is 0 Å². The van der Waals surface area contributed by atoms with Gasteiger partial charge in [-0.2, -0.15) is 4.99 Å². The molecule has 1 heterocycles. The fraction of sp³-hybridized carbons (Fsp3) is 0.200. The lowest BCUT2D eigenvalue weighted by molar-refractivity contribution is -0.117. The van der Waals surface area contributed by atoms with Gasteiger partial charge in [-0.15, -0.1) is 6.42 Å². The number of carbonyl (C=O) groups excluding carboxylic acids is 1. The smallest absolute Gasteiger partial charge is 0.252 e. The fourth-order valence-electron chi connectivity index (χ4n) is 2.76. The summed E-state index contributed by atoms with van der Waals surface area (Å²) in [5.74, 6) is 2.28. The predicted octanol–water partition coefficient (Wildman–Crippen LogP) is 2.72. The summed E-state index contributed by atoms with van der Waals surface area (Å²) in [7, 11) is -3.32. The summed E-state index contributed by atoms with van der Waals surface area (Å²) in [4.78, 5) is 17.3. The summed E-state index contributed by atoms with van der Waals surface area (Å²) < 4.78 is 26.0. The number of hydrogen-bond acceptors (Lipinski definition) is 4. The first-order chi connectivity index (χ1) is 12.8. The quantitative estimate of drug-likeness (QED) is 0.635. The van der Waals surface area contributed by atoms with Crippen LogP contribution in [0.25, 0.3) is 10.2 Å². The minimum Gasteiger partial charge on any atom is -0.305 e. The first-order valence-corrected chi connectivity index (χ1v) is 10.9. The molecule has 5 nitrogen and oxygen atoms in total. The average Bonchev–Trinajstić information content (AvgIpc) is 2.91. The van der Waals surface area contributed by atoms with Gasteiger partial charge in [0.25, 0.3) is 5.91 Å². The molecular weight excluding hydrogens is 380 g/mol. The van der Waals surface area contributed by atoms with Crippen LogP contribution in [0.5, 0.6) is 0 Å². The Morgan fingerprint density at radius 3 is 2.70 bits per heavy atom. The van der Waals surface area contributed by atoms with Gasteiger partial charge in [0.15, 0.2) is 14.6 Å². The highest BCUT2D eigenvalue weighted by Crippen LogP contribution is 2.22. The number of fused-ring (bicyclic) bond motifs is 1. The Labute approximate surface area is 161 Å². The van der Waals surface area contributed by atoms with Crippen molar-refractivity contribution in [3.05, 3.63) is 58.4 Å². The average molecular weight is 399 g/mol. The lowest BCUT2D eigenvalue weighted by atomic mass is 10.1. The molecule has 7 heteroatoms. The molecule has 1 amide bonds. The van der Waals surface area contributed by atoms with Gasteiger partial charge in [-0.25, -0.2) is 8.42 Å². The SMILES string of the molecule is C#CCn1c(=NC(=O)Cc2cccc(C)c2)sc2cc(S(C)(=O)=O)ccc21. The summed E-state index contributed by atoms with van der Waals surface area (Å²) >= 11 is 1.25. The van der Waals surface area contributed by atoms with E-state index in [0.29, 0.717) is 4.80 Å². The van der Waals surface area contributed by atoms with Crippen LogP contribution < -0.4 is 4.80 Å². The Morgan fingerprint density at radius 1 is 1.26 bits per heavy atom. The van der Waals surface area contributed by atoms with Gasteiger partial charge in [0, 0.05) is 6.26 Å². The van der Waals surface area contributed by atoms with Crippen molar-refractivity contribution in [1.82, 2.24) is 4.57 Å². The molecule has 0 aliphatic heterocycles. The first kappa shape index (κ1) is 19.1. The van der Waals surface area contributed by atoms with E-state index in [9.17, 15) is 13.2 Å². The normalized spacial score (nSPS) is 12.3. The number of thiazole rings is 1. The Morgan fingerprint density at radius 2 is 2.04 bits per heavy atom. The number of amides is 1. The van der Waals surface area contributed by atoms with Crippen molar-refractivity contribution in [2.45, 2.75) is 24.8 Å². The molecule has 0 aliphatic rings. The van der Waals surface area contributed by atoms with Crippen LogP contribution in [0.15, 0.2) is 52.4 Å². The lowest BCUT2D eigenvalue weighted by Gasteiger charge is -2.02. The molecule has 0 aliphatic carbocycles. The maximum absolute atomic E-state index is 12.4. The molecule has 0 atom stereocenters. The second-order valence-electron chi connectivity index (χ2n) is 6.25. The minimum atomic E-state index is -3.32. The zero-order valence-electron chi connectivity index (χ0n) is 15.0. The standard InChI is InChI=1S/C20H18N2O3S2/c1-4-10-22-17-9-8-16(27(3,24)25)13-18(17)26-20(22)21-19(23)12-15-7-5-6-14(2)11-15/h1,5-9,11,13H,10,12H2,2-3H3. The van der Waals surface area contributed by atoms with Crippen molar-refractivity contribution in [3.63, 3.8) is 0 Å². The van der Waals surface area contributed by atoms with Crippen LogP contribution in [-0.2, 0) is 27.6 Å². The van der Waals surface area contributed by atoms with E-state index in [-0.39, 0.29) is 23.8 Å². The number of rotatable bonds is 4. The van der Waals surface area contributed by atoms with E-state index >= 15 is 0 Å². The molecule has 0 spiro atoms. The van der Waals surface area contributed by atoms with E-state index in [1.54, 1.807) is 16.7 Å². The molecule has 0 bridgehead atoms. The van der Waals surface area contributed by atoms with Crippen molar-refractivity contribution in [2.75, 3.05) is 6.26 Å².